The number of ether oxygens (including phenoxy) is 1. The highest BCUT2D eigenvalue weighted by Crippen LogP contribution is 2.27. The Morgan fingerprint density at radius 3 is 2.80 bits per heavy atom. The molecular formula is C14H13FN2O3. The molecule has 2 aromatic rings. The SMILES string of the molecule is Cc1ccc(F)cc1OCc1cccc([N+](=O)[O-])c1N. The van der Waals surface area contributed by atoms with E-state index >= 15 is 0 Å². The van der Waals surface area contributed by atoms with Crippen LogP contribution < -0.4 is 10.5 Å². The van der Waals surface area contributed by atoms with Crippen LogP contribution in [0.4, 0.5) is 15.8 Å². The predicted molar refractivity (Wildman–Crippen MR) is 73.0 cm³/mol. The van der Waals surface area contributed by atoms with Crippen molar-refractivity contribution in [3.8, 4) is 5.75 Å². The average molecular weight is 276 g/mol. The highest BCUT2D eigenvalue weighted by molar-refractivity contribution is 5.62. The van der Waals surface area contributed by atoms with Gasteiger partial charge in [0, 0.05) is 17.7 Å². The number of hydrogen-bond donors (Lipinski definition) is 1. The Labute approximate surface area is 114 Å². The van der Waals surface area contributed by atoms with Gasteiger partial charge in [0.15, 0.2) is 0 Å². The second-order valence-electron chi connectivity index (χ2n) is 4.31. The van der Waals surface area contributed by atoms with E-state index in [0.717, 1.165) is 5.56 Å². The van der Waals surface area contributed by atoms with Crippen LogP contribution in [0.3, 0.4) is 0 Å². The molecule has 2 rings (SSSR count). The molecule has 0 unspecified atom stereocenters. The molecule has 0 radical (unpaired) electrons. The van der Waals surface area contributed by atoms with Crippen molar-refractivity contribution in [3.63, 3.8) is 0 Å². The number of aryl methyl sites for hydroxylation is 1. The van der Waals surface area contributed by atoms with Crippen LogP contribution in [0.2, 0.25) is 0 Å². The third kappa shape index (κ3) is 2.85. The van der Waals surface area contributed by atoms with E-state index in [1.54, 1.807) is 19.1 Å². The summed E-state index contributed by atoms with van der Waals surface area (Å²) >= 11 is 0. The molecular weight excluding hydrogens is 263 g/mol. The minimum Gasteiger partial charge on any atom is -0.488 e. The van der Waals surface area contributed by atoms with E-state index in [-0.39, 0.29) is 18.0 Å². The van der Waals surface area contributed by atoms with E-state index < -0.39 is 10.7 Å². The molecule has 0 heterocycles. The number of anilines is 1. The second-order valence-corrected chi connectivity index (χ2v) is 4.31. The van der Waals surface area contributed by atoms with E-state index in [9.17, 15) is 14.5 Å². The first-order chi connectivity index (χ1) is 9.49. The van der Waals surface area contributed by atoms with Crippen LogP contribution in [-0.4, -0.2) is 4.92 Å². The van der Waals surface area contributed by atoms with Gasteiger partial charge in [-0.3, -0.25) is 10.1 Å². The van der Waals surface area contributed by atoms with Crippen LogP contribution in [-0.2, 0) is 6.61 Å². The number of hydrogen-bond acceptors (Lipinski definition) is 4. The van der Waals surface area contributed by atoms with Crippen molar-refractivity contribution in [1.82, 2.24) is 0 Å². The predicted octanol–water partition coefficient (Wildman–Crippen LogP) is 3.20. The van der Waals surface area contributed by atoms with Gasteiger partial charge in [0.1, 0.15) is 23.9 Å². The van der Waals surface area contributed by atoms with Gasteiger partial charge in [-0.05, 0) is 18.6 Å². The Bertz CT molecular complexity index is 659. The fourth-order valence-electron chi connectivity index (χ4n) is 1.77. The van der Waals surface area contributed by atoms with Crippen LogP contribution in [0.15, 0.2) is 36.4 Å². The van der Waals surface area contributed by atoms with Crippen LogP contribution in [0.1, 0.15) is 11.1 Å². The summed E-state index contributed by atoms with van der Waals surface area (Å²) in [6.45, 7) is 1.82. The number of nitrogens with zero attached hydrogens (tertiary/aromatic N) is 1. The summed E-state index contributed by atoms with van der Waals surface area (Å²) in [5, 5.41) is 10.8. The number of nitro benzene ring substituents is 1. The number of benzene rings is 2. The summed E-state index contributed by atoms with van der Waals surface area (Å²) in [6.07, 6.45) is 0. The van der Waals surface area contributed by atoms with Crippen molar-refractivity contribution in [3.05, 3.63) is 63.5 Å². The molecule has 0 saturated heterocycles. The van der Waals surface area contributed by atoms with Crippen molar-refractivity contribution >= 4 is 11.4 Å². The number of nitro groups is 1. The largest absolute Gasteiger partial charge is 0.488 e. The van der Waals surface area contributed by atoms with Crippen LogP contribution in [0, 0.1) is 22.9 Å². The molecule has 0 aliphatic heterocycles. The summed E-state index contributed by atoms with van der Waals surface area (Å²) in [5.74, 6) is -0.0199. The zero-order valence-electron chi connectivity index (χ0n) is 10.8. The van der Waals surface area contributed by atoms with Crippen LogP contribution in [0.5, 0.6) is 5.75 Å². The third-order valence-corrected chi connectivity index (χ3v) is 2.90. The molecule has 104 valence electrons. The number of para-hydroxylation sites is 1. The fourth-order valence-corrected chi connectivity index (χ4v) is 1.77. The Balaban J connectivity index is 2.21. The van der Waals surface area contributed by atoms with Crippen molar-refractivity contribution in [2.24, 2.45) is 0 Å². The molecule has 0 fully saturated rings. The zero-order chi connectivity index (χ0) is 14.7. The molecule has 2 aromatic carbocycles. The standard InChI is InChI=1S/C14H13FN2O3/c1-9-5-6-11(15)7-13(9)20-8-10-3-2-4-12(14(10)16)17(18)19/h2-7H,8,16H2,1H3. The summed E-state index contributed by atoms with van der Waals surface area (Å²) in [4.78, 5) is 10.2. The number of nitrogens with two attached hydrogens (primary N) is 1. The zero-order valence-corrected chi connectivity index (χ0v) is 10.8. The van der Waals surface area contributed by atoms with Gasteiger partial charge in [-0.1, -0.05) is 18.2 Å². The molecule has 20 heavy (non-hydrogen) atoms. The van der Waals surface area contributed by atoms with Crippen molar-refractivity contribution in [1.29, 1.82) is 0 Å². The van der Waals surface area contributed by atoms with Crippen molar-refractivity contribution in [2.45, 2.75) is 13.5 Å². The average Bonchev–Trinajstić information content (AvgIpc) is 2.41. The van der Waals surface area contributed by atoms with Gasteiger partial charge in [-0.15, -0.1) is 0 Å². The lowest BCUT2D eigenvalue weighted by molar-refractivity contribution is -0.384. The smallest absolute Gasteiger partial charge is 0.292 e. The molecule has 0 spiro atoms. The summed E-state index contributed by atoms with van der Waals surface area (Å²) < 4.78 is 18.6. The minimum absolute atomic E-state index is 0.0395. The normalized spacial score (nSPS) is 10.3. The highest BCUT2D eigenvalue weighted by Gasteiger charge is 2.14. The van der Waals surface area contributed by atoms with Gasteiger partial charge in [-0.25, -0.2) is 4.39 Å². The van der Waals surface area contributed by atoms with Crippen molar-refractivity contribution < 1.29 is 14.1 Å². The monoisotopic (exact) mass is 276 g/mol. The number of halogens is 1. The summed E-state index contributed by atoms with van der Waals surface area (Å²) in [5.41, 5.74) is 6.88. The minimum atomic E-state index is -0.549. The summed E-state index contributed by atoms with van der Waals surface area (Å²) in [7, 11) is 0. The van der Waals surface area contributed by atoms with Gasteiger partial charge in [0.2, 0.25) is 0 Å². The number of rotatable bonds is 4. The van der Waals surface area contributed by atoms with Gasteiger partial charge in [0.05, 0.1) is 4.92 Å². The van der Waals surface area contributed by atoms with E-state index in [1.807, 2.05) is 0 Å². The van der Waals surface area contributed by atoms with Gasteiger partial charge < -0.3 is 10.5 Å². The lowest BCUT2D eigenvalue weighted by atomic mass is 10.1. The van der Waals surface area contributed by atoms with E-state index in [1.165, 1.54) is 24.3 Å². The molecule has 0 aliphatic carbocycles. The lowest BCUT2D eigenvalue weighted by Crippen LogP contribution is -2.04. The highest BCUT2D eigenvalue weighted by atomic mass is 19.1. The Morgan fingerprint density at radius 2 is 2.10 bits per heavy atom. The van der Waals surface area contributed by atoms with Crippen molar-refractivity contribution in [2.75, 3.05) is 5.73 Å². The summed E-state index contributed by atoms with van der Waals surface area (Å²) in [6, 6.07) is 8.70. The molecule has 0 saturated carbocycles. The second kappa shape index (κ2) is 5.56. The topological polar surface area (TPSA) is 78.4 Å². The first-order valence-corrected chi connectivity index (χ1v) is 5.89. The maximum Gasteiger partial charge on any atom is 0.292 e. The molecule has 0 bridgehead atoms. The van der Waals surface area contributed by atoms with Gasteiger partial charge in [-0.2, -0.15) is 0 Å². The lowest BCUT2D eigenvalue weighted by Gasteiger charge is -2.10. The third-order valence-electron chi connectivity index (χ3n) is 2.90. The molecule has 6 heteroatoms. The van der Waals surface area contributed by atoms with Crippen LogP contribution in [0.25, 0.3) is 0 Å². The van der Waals surface area contributed by atoms with Crippen LogP contribution >= 0.6 is 0 Å². The first kappa shape index (κ1) is 13.8. The molecule has 0 amide bonds. The van der Waals surface area contributed by atoms with E-state index in [0.29, 0.717) is 11.3 Å². The molecule has 2 N–H and O–H groups in total. The molecule has 5 nitrogen and oxygen atoms in total. The number of nitrogen functional groups attached to an aromatic ring is 1. The van der Waals surface area contributed by atoms with Gasteiger partial charge in [0.25, 0.3) is 5.69 Å². The quantitative estimate of drug-likeness (QED) is 0.528. The molecule has 0 atom stereocenters. The molecule has 0 aromatic heterocycles. The maximum absolute atomic E-state index is 13.1. The Hall–Kier alpha value is -2.63. The van der Waals surface area contributed by atoms with E-state index in [2.05, 4.69) is 0 Å². The fraction of sp³-hybridized carbons (Fsp3) is 0.143. The van der Waals surface area contributed by atoms with Gasteiger partial charge >= 0.3 is 0 Å². The molecule has 0 aliphatic rings. The Kier molecular flexibility index (Phi) is 3.84. The first-order valence-electron chi connectivity index (χ1n) is 5.89. The van der Waals surface area contributed by atoms with E-state index in [4.69, 9.17) is 10.5 Å². The Morgan fingerprint density at radius 1 is 1.35 bits per heavy atom. The maximum atomic E-state index is 13.1.